The monoisotopic (exact) mass is 472 g/mol. The molecule has 34 heavy (non-hydrogen) atoms. The van der Waals surface area contributed by atoms with Crippen LogP contribution in [0.15, 0.2) is 60.7 Å². The smallest absolute Gasteiger partial charge is 0.338 e. The molecule has 184 valence electrons. The van der Waals surface area contributed by atoms with Gasteiger partial charge in [0, 0.05) is 0 Å². The first-order chi connectivity index (χ1) is 16.2. The minimum absolute atomic E-state index is 0.279. The lowest BCUT2D eigenvalue weighted by Crippen LogP contribution is -2.67. The van der Waals surface area contributed by atoms with Gasteiger partial charge in [-0.15, -0.1) is 0 Å². The van der Waals surface area contributed by atoms with Gasteiger partial charge in [0.1, 0.15) is 24.4 Å². The van der Waals surface area contributed by atoms with Crippen LogP contribution in [0.4, 0.5) is 0 Å². The highest BCUT2D eigenvalue weighted by molar-refractivity contribution is 5.90. The van der Waals surface area contributed by atoms with Crippen LogP contribution >= 0.6 is 0 Å². The normalized spacial score (nSPS) is 26.9. The van der Waals surface area contributed by atoms with Gasteiger partial charge in [-0.1, -0.05) is 36.4 Å². The second-order valence-electron chi connectivity index (χ2n) is 8.75. The first-order valence-corrected chi connectivity index (χ1v) is 11.4. The van der Waals surface area contributed by atoms with Gasteiger partial charge in [0.2, 0.25) is 0 Å². The third-order valence-corrected chi connectivity index (χ3v) is 5.36. The van der Waals surface area contributed by atoms with Crippen molar-refractivity contribution in [2.75, 3.05) is 0 Å². The van der Waals surface area contributed by atoms with Crippen molar-refractivity contribution < 1.29 is 38.7 Å². The Labute approximate surface area is 199 Å². The molecule has 2 N–H and O–H groups in total. The lowest BCUT2D eigenvalue weighted by atomic mass is 9.83. The van der Waals surface area contributed by atoms with Crippen molar-refractivity contribution in [3.05, 3.63) is 71.8 Å². The molecule has 2 aromatic carbocycles. The molecule has 1 fully saturated rings. The summed E-state index contributed by atoms with van der Waals surface area (Å²) in [6, 6.07) is 16.6. The molecule has 0 saturated heterocycles. The number of rotatable bonds is 8. The molecule has 0 spiro atoms. The van der Waals surface area contributed by atoms with Gasteiger partial charge in [0.25, 0.3) is 0 Å². The fourth-order valence-corrected chi connectivity index (χ4v) is 3.90. The van der Waals surface area contributed by atoms with E-state index in [-0.39, 0.29) is 23.3 Å². The predicted molar refractivity (Wildman–Crippen MR) is 123 cm³/mol. The second-order valence-corrected chi connectivity index (χ2v) is 8.75. The Bertz CT molecular complexity index is 853. The molecule has 1 aliphatic carbocycles. The van der Waals surface area contributed by atoms with E-state index in [4.69, 9.17) is 18.9 Å². The molecule has 2 aromatic rings. The zero-order chi connectivity index (χ0) is 24.8. The first kappa shape index (κ1) is 25.8. The van der Waals surface area contributed by atoms with Crippen LogP contribution in [0.2, 0.25) is 0 Å². The standard InChI is InChI=1S/C26H32O8/c1-15(2)31-21-19(27)20(28)22(32-16(3)4)24(34-26(30)18-13-9-6-10-14-18)23(21)33-25(29)17-11-7-5-8-12-17/h5-16,19-24,27-28H,1-4H3/t19-,20+,21-,22-,23+,24-/m0/s1. The molecule has 0 unspecified atom stereocenters. The summed E-state index contributed by atoms with van der Waals surface area (Å²) < 4.78 is 23.3. The predicted octanol–water partition coefficient (Wildman–Crippen LogP) is 2.76. The van der Waals surface area contributed by atoms with Crippen LogP contribution in [0.5, 0.6) is 0 Å². The highest BCUT2D eigenvalue weighted by Crippen LogP contribution is 2.32. The maximum atomic E-state index is 13.0. The van der Waals surface area contributed by atoms with Crippen LogP contribution in [-0.2, 0) is 18.9 Å². The van der Waals surface area contributed by atoms with Gasteiger partial charge in [-0.25, -0.2) is 9.59 Å². The molecule has 8 nitrogen and oxygen atoms in total. The number of carbonyl (C=O) groups excluding carboxylic acids is 2. The maximum Gasteiger partial charge on any atom is 0.338 e. The lowest BCUT2D eigenvalue weighted by molar-refractivity contribution is -0.256. The Hall–Kier alpha value is -2.78. The Balaban J connectivity index is 2.00. The van der Waals surface area contributed by atoms with Crippen LogP contribution < -0.4 is 0 Å². The van der Waals surface area contributed by atoms with Crippen molar-refractivity contribution in [1.29, 1.82) is 0 Å². The third kappa shape index (κ3) is 6.21. The fourth-order valence-electron chi connectivity index (χ4n) is 3.90. The van der Waals surface area contributed by atoms with E-state index in [1.807, 2.05) is 0 Å². The van der Waals surface area contributed by atoms with Crippen molar-refractivity contribution >= 4 is 11.9 Å². The van der Waals surface area contributed by atoms with E-state index < -0.39 is 48.6 Å². The quantitative estimate of drug-likeness (QED) is 0.564. The van der Waals surface area contributed by atoms with Crippen molar-refractivity contribution in [3.63, 3.8) is 0 Å². The van der Waals surface area contributed by atoms with E-state index in [0.29, 0.717) is 0 Å². The Morgan fingerprint density at radius 3 is 1.24 bits per heavy atom. The highest BCUT2D eigenvalue weighted by atomic mass is 16.6. The molecular weight excluding hydrogens is 440 g/mol. The van der Waals surface area contributed by atoms with Gasteiger partial charge >= 0.3 is 11.9 Å². The summed E-state index contributed by atoms with van der Waals surface area (Å²) in [6.07, 6.45) is -8.48. The number of carbonyl (C=O) groups is 2. The van der Waals surface area contributed by atoms with Crippen molar-refractivity contribution in [3.8, 4) is 0 Å². The molecule has 3 rings (SSSR count). The van der Waals surface area contributed by atoms with E-state index in [1.165, 1.54) is 0 Å². The summed E-state index contributed by atoms with van der Waals surface area (Å²) in [5.74, 6) is -1.37. The molecule has 8 heteroatoms. The topological polar surface area (TPSA) is 112 Å². The summed E-state index contributed by atoms with van der Waals surface area (Å²) in [7, 11) is 0. The molecule has 6 atom stereocenters. The second kappa shape index (κ2) is 11.6. The zero-order valence-electron chi connectivity index (χ0n) is 19.7. The van der Waals surface area contributed by atoms with Gasteiger partial charge < -0.3 is 29.2 Å². The summed E-state index contributed by atoms with van der Waals surface area (Å²) in [5, 5.41) is 21.8. The molecule has 0 heterocycles. The van der Waals surface area contributed by atoms with Gasteiger partial charge in [0.15, 0.2) is 12.2 Å². The SMILES string of the molecule is CC(C)O[C@H]1[C@H](O)[C@H](O)[C@H](OC(C)C)[C@@H](OC(=O)c2ccccc2)[C@H]1OC(=O)c1ccccc1. The molecular formula is C26H32O8. The van der Waals surface area contributed by atoms with Gasteiger partial charge in [-0.3, -0.25) is 0 Å². The van der Waals surface area contributed by atoms with Crippen LogP contribution in [0.25, 0.3) is 0 Å². The average molecular weight is 473 g/mol. The van der Waals surface area contributed by atoms with E-state index in [9.17, 15) is 19.8 Å². The number of aliphatic hydroxyl groups is 2. The van der Waals surface area contributed by atoms with E-state index in [2.05, 4.69) is 0 Å². The largest absolute Gasteiger partial charge is 0.452 e. The number of hydrogen-bond donors (Lipinski definition) is 2. The summed E-state index contributed by atoms with van der Waals surface area (Å²) in [4.78, 5) is 25.9. The van der Waals surface area contributed by atoms with E-state index in [0.717, 1.165) is 0 Å². The number of aliphatic hydroxyl groups excluding tert-OH is 2. The van der Waals surface area contributed by atoms with Gasteiger partial charge in [-0.2, -0.15) is 0 Å². The van der Waals surface area contributed by atoms with Crippen LogP contribution in [0.3, 0.4) is 0 Å². The lowest BCUT2D eigenvalue weighted by Gasteiger charge is -2.46. The maximum absolute atomic E-state index is 13.0. The van der Waals surface area contributed by atoms with Crippen molar-refractivity contribution in [2.45, 2.75) is 76.5 Å². The third-order valence-electron chi connectivity index (χ3n) is 5.36. The molecule has 0 bridgehead atoms. The van der Waals surface area contributed by atoms with Gasteiger partial charge in [0.05, 0.1) is 23.3 Å². The van der Waals surface area contributed by atoms with Crippen LogP contribution in [-0.4, -0.2) is 71.0 Å². The molecule has 0 aliphatic heterocycles. The van der Waals surface area contributed by atoms with Crippen molar-refractivity contribution in [1.82, 2.24) is 0 Å². The minimum Gasteiger partial charge on any atom is -0.452 e. The number of hydrogen-bond acceptors (Lipinski definition) is 8. The van der Waals surface area contributed by atoms with E-state index >= 15 is 0 Å². The summed E-state index contributed by atoms with van der Waals surface area (Å²) >= 11 is 0. The molecule has 0 aromatic heterocycles. The Morgan fingerprint density at radius 2 is 0.941 bits per heavy atom. The molecule has 1 aliphatic rings. The average Bonchev–Trinajstić information content (AvgIpc) is 2.82. The van der Waals surface area contributed by atoms with Crippen molar-refractivity contribution in [2.24, 2.45) is 0 Å². The highest BCUT2D eigenvalue weighted by Gasteiger charge is 2.55. The summed E-state index contributed by atoms with van der Waals surface area (Å²) in [6.45, 7) is 6.99. The van der Waals surface area contributed by atoms with E-state index in [1.54, 1.807) is 88.4 Å². The number of benzene rings is 2. The Morgan fingerprint density at radius 1 is 0.618 bits per heavy atom. The zero-order valence-corrected chi connectivity index (χ0v) is 19.7. The van der Waals surface area contributed by atoms with Crippen LogP contribution in [0.1, 0.15) is 48.4 Å². The van der Waals surface area contributed by atoms with Gasteiger partial charge in [-0.05, 0) is 52.0 Å². The first-order valence-electron chi connectivity index (χ1n) is 11.4. The molecule has 1 saturated carbocycles. The Kier molecular flexibility index (Phi) is 8.79. The molecule has 0 radical (unpaired) electrons. The minimum atomic E-state index is -1.45. The fraction of sp³-hybridized carbons (Fsp3) is 0.462. The molecule has 0 amide bonds. The number of esters is 2. The summed E-state index contributed by atoms with van der Waals surface area (Å²) in [5.41, 5.74) is 0.557. The number of ether oxygens (including phenoxy) is 4. The van der Waals surface area contributed by atoms with Crippen LogP contribution in [0, 0.1) is 0 Å².